The Morgan fingerprint density at radius 1 is 1.14 bits per heavy atom. The highest BCUT2D eigenvalue weighted by molar-refractivity contribution is 5.79. The van der Waals surface area contributed by atoms with Crippen LogP contribution in [0, 0.1) is 5.92 Å². The second-order valence-corrected chi connectivity index (χ2v) is 8.79. The molecule has 4 rings (SSSR count). The van der Waals surface area contributed by atoms with Crippen molar-refractivity contribution in [1.29, 1.82) is 0 Å². The van der Waals surface area contributed by atoms with Crippen molar-refractivity contribution in [2.45, 2.75) is 50.6 Å². The zero-order valence-corrected chi connectivity index (χ0v) is 17.7. The smallest absolute Gasteiger partial charge is 0.224 e. The molecule has 1 N–H and O–H groups in total. The molecule has 1 atom stereocenters. The van der Waals surface area contributed by atoms with Crippen LogP contribution in [-0.4, -0.2) is 67.6 Å². The molecule has 1 aliphatic carbocycles. The molecule has 2 saturated heterocycles. The fraction of sp³-hybridized carbons (Fsp3) is 0.625. The number of benzene rings is 1. The number of amides is 1. The second-order valence-electron chi connectivity index (χ2n) is 8.79. The number of piperidine rings is 2. The molecule has 0 unspecified atom stereocenters. The molecule has 1 saturated carbocycles. The van der Waals surface area contributed by atoms with Crippen LogP contribution in [0.5, 0.6) is 5.75 Å². The fourth-order valence-electron chi connectivity index (χ4n) is 4.70. The van der Waals surface area contributed by atoms with Gasteiger partial charge in [-0.25, -0.2) is 0 Å². The lowest BCUT2D eigenvalue weighted by Gasteiger charge is -2.41. The molecule has 1 amide bonds. The van der Waals surface area contributed by atoms with Crippen LogP contribution in [0.1, 0.15) is 44.1 Å². The van der Waals surface area contributed by atoms with E-state index in [4.69, 9.17) is 4.74 Å². The van der Waals surface area contributed by atoms with Gasteiger partial charge in [-0.3, -0.25) is 14.6 Å². The predicted molar refractivity (Wildman–Crippen MR) is 117 cm³/mol. The van der Waals surface area contributed by atoms with Crippen molar-refractivity contribution in [2.75, 3.05) is 39.8 Å². The number of methoxy groups -OCH3 is 1. The number of para-hydroxylation sites is 1. The van der Waals surface area contributed by atoms with Crippen LogP contribution in [-0.2, 0) is 4.79 Å². The summed E-state index contributed by atoms with van der Waals surface area (Å²) in [5.41, 5.74) is 1.13. The predicted octanol–water partition coefficient (Wildman–Crippen LogP) is 3.16. The fourth-order valence-corrected chi connectivity index (χ4v) is 4.70. The van der Waals surface area contributed by atoms with Gasteiger partial charge in [0.2, 0.25) is 5.91 Å². The van der Waals surface area contributed by atoms with Crippen LogP contribution < -0.4 is 10.1 Å². The van der Waals surface area contributed by atoms with E-state index >= 15 is 0 Å². The van der Waals surface area contributed by atoms with Gasteiger partial charge < -0.3 is 10.1 Å². The van der Waals surface area contributed by atoms with Crippen molar-refractivity contribution in [3.63, 3.8) is 0 Å². The molecule has 5 heteroatoms. The summed E-state index contributed by atoms with van der Waals surface area (Å²) in [6, 6.07) is 9.26. The monoisotopic (exact) mass is 397 g/mol. The summed E-state index contributed by atoms with van der Waals surface area (Å²) in [6.07, 6.45) is 11.4. The molecular weight excluding hydrogens is 362 g/mol. The number of rotatable bonds is 7. The van der Waals surface area contributed by atoms with Crippen molar-refractivity contribution >= 4 is 12.0 Å². The van der Waals surface area contributed by atoms with Crippen molar-refractivity contribution < 1.29 is 9.53 Å². The summed E-state index contributed by atoms with van der Waals surface area (Å²) in [4.78, 5) is 17.6. The maximum Gasteiger partial charge on any atom is 0.224 e. The lowest BCUT2D eigenvalue weighted by atomic mass is 9.93. The van der Waals surface area contributed by atoms with E-state index in [-0.39, 0.29) is 5.92 Å². The first-order chi connectivity index (χ1) is 14.2. The maximum atomic E-state index is 12.4. The van der Waals surface area contributed by atoms with Gasteiger partial charge in [-0.15, -0.1) is 0 Å². The molecule has 3 fully saturated rings. The average molecular weight is 398 g/mol. The highest BCUT2D eigenvalue weighted by Crippen LogP contribution is 2.26. The molecular formula is C24H35N3O2. The second kappa shape index (κ2) is 9.77. The van der Waals surface area contributed by atoms with Crippen molar-refractivity contribution in [2.24, 2.45) is 5.92 Å². The molecule has 3 aliphatic rings. The summed E-state index contributed by atoms with van der Waals surface area (Å²) in [5.74, 6) is 1.43. The number of carbonyl (C=O) groups is 1. The molecule has 0 radical (unpaired) electrons. The third kappa shape index (κ3) is 5.61. The number of hydrogen-bond acceptors (Lipinski definition) is 4. The summed E-state index contributed by atoms with van der Waals surface area (Å²) in [6.45, 7) is 5.37. The molecule has 2 aliphatic heterocycles. The Morgan fingerprint density at radius 3 is 2.69 bits per heavy atom. The largest absolute Gasteiger partial charge is 0.496 e. The highest BCUT2D eigenvalue weighted by Gasteiger charge is 2.33. The van der Waals surface area contributed by atoms with Gasteiger partial charge >= 0.3 is 0 Å². The molecule has 5 nitrogen and oxygen atoms in total. The number of ether oxygens (including phenoxy) is 1. The Balaban J connectivity index is 1.21. The maximum absolute atomic E-state index is 12.4. The van der Waals surface area contributed by atoms with Crippen LogP contribution in [0.4, 0.5) is 0 Å². The minimum Gasteiger partial charge on any atom is -0.496 e. The average Bonchev–Trinajstić information content (AvgIpc) is 3.59. The number of nitrogens with one attached hydrogen (secondary N) is 1. The van der Waals surface area contributed by atoms with Crippen LogP contribution in [0.2, 0.25) is 0 Å². The first-order valence-corrected chi connectivity index (χ1v) is 11.3. The Morgan fingerprint density at radius 2 is 1.93 bits per heavy atom. The number of carbonyl (C=O) groups excluding carboxylic acids is 1. The summed E-state index contributed by atoms with van der Waals surface area (Å²) < 4.78 is 5.42. The summed E-state index contributed by atoms with van der Waals surface area (Å²) in [5, 5.41) is 3.21. The Kier molecular flexibility index (Phi) is 6.88. The van der Waals surface area contributed by atoms with E-state index in [2.05, 4.69) is 33.3 Å². The molecule has 1 aromatic rings. The van der Waals surface area contributed by atoms with Crippen LogP contribution >= 0.6 is 0 Å². The molecule has 0 bridgehead atoms. The quantitative estimate of drug-likeness (QED) is 0.768. The zero-order chi connectivity index (χ0) is 20.1. The van der Waals surface area contributed by atoms with Crippen LogP contribution in [0.15, 0.2) is 30.3 Å². The van der Waals surface area contributed by atoms with E-state index in [0.717, 1.165) is 56.9 Å². The number of nitrogens with zero attached hydrogens (tertiary/aromatic N) is 2. The molecule has 0 spiro atoms. The topological polar surface area (TPSA) is 44.8 Å². The molecule has 29 heavy (non-hydrogen) atoms. The summed E-state index contributed by atoms with van der Waals surface area (Å²) >= 11 is 0. The highest BCUT2D eigenvalue weighted by atomic mass is 16.5. The third-order valence-corrected chi connectivity index (χ3v) is 6.62. The first kappa shape index (κ1) is 20.4. The van der Waals surface area contributed by atoms with Gasteiger partial charge in [-0.05, 0) is 64.2 Å². The van der Waals surface area contributed by atoms with Crippen molar-refractivity contribution in [3.8, 4) is 5.75 Å². The number of likely N-dealkylation sites (tertiary alicyclic amines) is 2. The Bertz CT molecular complexity index is 708. The van der Waals surface area contributed by atoms with Gasteiger partial charge in [0.05, 0.1) is 13.0 Å². The normalized spacial score (nSPS) is 24.7. The molecule has 2 heterocycles. The first-order valence-electron chi connectivity index (χ1n) is 11.3. The molecule has 1 aromatic carbocycles. The number of hydrogen-bond donors (Lipinski definition) is 1. The minimum absolute atomic E-state index is 0.200. The van der Waals surface area contributed by atoms with E-state index in [9.17, 15) is 4.79 Å². The standard InChI is InChI=1S/C24H35N3O2/c1-29-23-9-3-2-6-19(23)7-4-14-26-16-12-22(13-17-26)27-15-5-8-20(18-27)24(28)25-21-10-11-21/h2-4,6-7,9,20-22H,5,8,10-18H2,1H3,(H,25,28)/b7-4+/t20-/m1/s1. The van der Waals surface area contributed by atoms with Crippen molar-refractivity contribution in [1.82, 2.24) is 15.1 Å². The van der Waals surface area contributed by atoms with Crippen LogP contribution in [0.3, 0.4) is 0 Å². The van der Waals surface area contributed by atoms with Gasteiger partial charge in [0.15, 0.2) is 0 Å². The third-order valence-electron chi connectivity index (χ3n) is 6.62. The minimum atomic E-state index is 0.200. The van der Waals surface area contributed by atoms with E-state index < -0.39 is 0 Å². The van der Waals surface area contributed by atoms with Crippen molar-refractivity contribution in [3.05, 3.63) is 35.9 Å². The van der Waals surface area contributed by atoms with E-state index in [1.165, 1.54) is 25.7 Å². The SMILES string of the molecule is COc1ccccc1/C=C/CN1CCC(N2CCC[C@@H](C(=O)NC3CC3)C2)CC1. The summed E-state index contributed by atoms with van der Waals surface area (Å²) in [7, 11) is 1.72. The Labute approximate surface area is 175 Å². The van der Waals surface area contributed by atoms with E-state index in [1.54, 1.807) is 7.11 Å². The molecule has 158 valence electrons. The lowest BCUT2D eigenvalue weighted by Crippen LogP contribution is -2.51. The van der Waals surface area contributed by atoms with Gasteiger partial charge in [-0.1, -0.05) is 30.4 Å². The van der Waals surface area contributed by atoms with E-state index in [1.807, 2.05) is 18.2 Å². The van der Waals surface area contributed by atoms with E-state index in [0.29, 0.717) is 18.0 Å². The molecule has 0 aromatic heterocycles. The van der Waals surface area contributed by atoms with Crippen LogP contribution in [0.25, 0.3) is 6.08 Å². The van der Waals surface area contributed by atoms with Gasteiger partial charge in [0.25, 0.3) is 0 Å². The Hall–Kier alpha value is -1.85. The van der Waals surface area contributed by atoms with Gasteiger partial charge in [0, 0.05) is 30.7 Å². The van der Waals surface area contributed by atoms with Gasteiger partial charge in [0.1, 0.15) is 5.75 Å². The zero-order valence-electron chi connectivity index (χ0n) is 17.7. The lowest BCUT2D eigenvalue weighted by molar-refractivity contribution is -0.127. The van der Waals surface area contributed by atoms with Gasteiger partial charge in [-0.2, -0.15) is 0 Å².